The highest BCUT2D eigenvalue weighted by Crippen LogP contribution is 2.20. The molecule has 0 aliphatic rings. The molecule has 0 atom stereocenters. The van der Waals surface area contributed by atoms with Gasteiger partial charge < -0.3 is 14.6 Å². The molecule has 0 saturated carbocycles. The molecule has 0 fully saturated rings. The molecular formula is C15H16N2O4. The van der Waals surface area contributed by atoms with Crippen LogP contribution in [0.3, 0.4) is 0 Å². The molecule has 21 heavy (non-hydrogen) atoms. The summed E-state index contributed by atoms with van der Waals surface area (Å²) in [4.78, 5) is 11.3. The molecule has 2 aromatic rings. The van der Waals surface area contributed by atoms with Crippen LogP contribution in [0.5, 0.6) is 11.6 Å². The topological polar surface area (TPSA) is 81.5 Å². The highest BCUT2D eigenvalue weighted by Gasteiger charge is 2.18. The number of benzene rings is 1. The van der Waals surface area contributed by atoms with Crippen molar-refractivity contribution < 1.29 is 19.4 Å². The lowest BCUT2D eigenvalue weighted by Gasteiger charge is -2.11. The summed E-state index contributed by atoms with van der Waals surface area (Å²) >= 11 is 0. The van der Waals surface area contributed by atoms with Crippen LogP contribution in [0.1, 0.15) is 21.6 Å². The Morgan fingerprint density at radius 3 is 2.43 bits per heavy atom. The number of rotatable bonds is 6. The Kier molecular flexibility index (Phi) is 4.71. The smallest absolute Gasteiger partial charge is 0.341 e. The SMILES string of the molecule is Cc1nnc(OCCOc2ccccc2)c(C(=O)O)c1C. The summed E-state index contributed by atoms with van der Waals surface area (Å²) in [6, 6.07) is 9.30. The van der Waals surface area contributed by atoms with Gasteiger partial charge in [0.1, 0.15) is 24.5 Å². The van der Waals surface area contributed by atoms with Gasteiger partial charge in [-0.3, -0.25) is 0 Å². The van der Waals surface area contributed by atoms with Crippen molar-refractivity contribution in [1.82, 2.24) is 10.2 Å². The summed E-state index contributed by atoms with van der Waals surface area (Å²) in [6.07, 6.45) is 0. The lowest BCUT2D eigenvalue weighted by molar-refractivity contribution is 0.0688. The Bertz CT molecular complexity index is 629. The van der Waals surface area contributed by atoms with Gasteiger partial charge in [-0.15, -0.1) is 5.10 Å². The van der Waals surface area contributed by atoms with Gasteiger partial charge in [-0.25, -0.2) is 4.79 Å². The number of hydrogen-bond acceptors (Lipinski definition) is 5. The van der Waals surface area contributed by atoms with Crippen molar-refractivity contribution in [1.29, 1.82) is 0 Å². The molecule has 0 spiro atoms. The van der Waals surface area contributed by atoms with E-state index in [2.05, 4.69) is 10.2 Å². The molecule has 0 bridgehead atoms. The Hall–Kier alpha value is -2.63. The van der Waals surface area contributed by atoms with Gasteiger partial charge in [-0.1, -0.05) is 18.2 Å². The Morgan fingerprint density at radius 2 is 1.76 bits per heavy atom. The number of carboxylic acids is 1. The van der Waals surface area contributed by atoms with Crippen molar-refractivity contribution in [3.05, 3.63) is 47.2 Å². The van der Waals surface area contributed by atoms with E-state index < -0.39 is 5.97 Å². The van der Waals surface area contributed by atoms with Gasteiger partial charge in [0.2, 0.25) is 5.88 Å². The van der Waals surface area contributed by atoms with E-state index >= 15 is 0 Å². The lowest BCUT2D eigenvalue weighted by Crippen LogP contribution is -2.14. The first-order valence-electron chi connectivity index (χ1n) is 6.47. The molecule has 1 N–H and O–H groups in total. The molecule has 0 unspecified atom stereocenters. The van der Waals surface area contributed by atoms with Crippen LogP contribution in [-0.4, -0.2) is 34.5 Å². The van der Waals surface area contributed by atoms with E-state index in [0.717, 1.165) is 5.75 Å². The van der Waals surface area contributed by atoms with Crippen LogP contribution < -0.4 is 9.47 Å². The number of carbonyl (C=O) groups is 1. The standard InChI is InChI=1S/C15H16N2O4/c1-10-11(2)16-17-14(13(10)15(18)19)21-9-8-20-12-6-4-3-5-7-12/h3-7H,8-9H2,1-2H3,(H,18,19). The van der Waals surface area contributed by atoms with Crippen LogP contribution in [0.4, 0.5) is 0 Å². The van der Waals surface area contributed by atoms with Crippen LogP contribution in [0.25, 0.3) is 0 Å². The van der Waals surface area contributed by atoms with Crippen LogP contribution in [0.2, 0.25) is 0 Å². The zero-order chi connectivity index (χ0) is 15.2. The van der Waals surface area contributed by atoms with E-state index in [1.54, 1.807) is 13.8 Å². The first kappa shape index (κ1) is 14.8. The Morgan fingerprint density at radius 1 is 1.10 bits per heavy atom. The summed E-state index contributed by atoms with van der Waals surface area (Å²) in [5.41, 5.74) is 1.17. The summed E-state index contributed by atoms with van der Waals surface area (Å²) in [7, 11) is 0. The van der Waals surface area contributed by atoms with Gasteiger partial charge in [-0.2, -0.15) is 5.10 Å². The van der Waals surface area contributed by atoms with Crippen LogP contribution >= 0.6 is 0 Å². The van der Waals surface area contributed by atoms with Crippen LogP contribution in [-0.2, 0) is 0 Å². The second-order valence-electron chi connectivity index (χ2n) is 4.41. The first-order valence-corrected chi connectivity index (χ1v) is 6.47. The minimum absolute atomic E-state index is 0.0160. The fourth-order valence-electron chi connectivity index (χ4n) is 1.75. The Labute approximate surface area is 122 Å². The molecule has 0 aliphatic carbocycles. The number of nitrogens with zero attached hydrogens (tertiary/aromatic N) is 2. The largest absolute Gasteiger partial charge is 0.490 e. The molecule has 6 nitrogen and oxygen atoms in total. The van der Waals surface area contributed by atoms with E-state index in [1.165, 1.54) is 0 Å². The van der Waals surface area contributed by atoms with Crippen molar-refractivity contribution in [2.45, 2.75) is 13.8 Å². The van der Waals surface area contributed by atoms with E-state index in [4.69, 9.17) is 9.47 Å². The second-order valence-corrected chi connectivity index (χ2v) is 4.41. The molecule has 0 radical (unpaired) electrons. The molecule has 1 aromatic carbocycles. The van der Waals surface area contributed by atoms with Gasteiger partial charge in [0.15, 0.2) is 0 Å². The summed E-state index contributed by atoms with van der Waals surface area (Å²) in [5.74, 6) is -0.336. The summed E-state index contributed by atoms with van der Waals surface area (Å²) in [5, 5.41) is 16.9. The quantitative estimate of drug-likeness (QED) is 0.821. The van der Waals surface area contributed by atoms with Gasteiger partial charge in [-0.05, 0) is 31.5 Å². The summed E-state index contributed by atoms with van der Waals surface area (Å²) < 4.78 is 10.8. The lowest BCUT2D eigenvalue weighted by atomic mass is 10.1. The van der Waals surface area contributed by atoms with Gasteiger partial charge >= 0.3 is 5.97 Å². The molecule has 1 heterocycles. The van der Waals surface area contributed by atoms with Crippen LogP contribution in [0, 0.1) is 13.8 Å². The van der Waals surface area contributed by atoms with E-state index in [9.17, 15) is 9.90 Å². The van der Waals surface area contributed by atoms with Gasteiger partial charge in [0, 0.05) is 0 Å². The minimum Gasteiger partial charge on any atom is -0.490 e. The van der Waals surface area contributed by atoms with Crippen molar-refractivity contribution in [2.75, 3.05) is 13.2 Å². The molecule has 0 aliphatic heterocycles. The fraction of sp³-hybridized carbons (Fsp3) is 0.267. The monoisotopic (exact) mass is 288 g/mol. The molecular weight excluding hydrogens is 272 g/mol. The van der Waals surface area contributed by atoms with E-state index in [0.29, 0.717) is 11.3 Å². The maximum atomic E-state index is 11.3. The average molecular weight is 288 g/mol. The molecule has 0 saturated heterocycles. The van der Waals surface area contributed by atoms with Crippen molar-refractivity contribution >= 4 is 5.97 Å². The molecule has 1 aromatic heterocycles. The van der Waals surface area contributed by atoms with E-state index in [-0.39, 0.29) is 24.7 Å². The molecule has 6 heteroatoms. The van der Waals surface area contributed by atoms with Crippen molar-refractivity contribution in [3.63, 3.8) is 0 Å². The highest BCUT2D eigenvalue weighted by molar-refractivity contribution is 5.91. The maximum absolute atomic E-state index is 11.3. The fourth-order valence-corrected chi connectivity index (χ4v) is 1.75. The number of aromatic nitrogens is 2. The number of para-hydroxylation sites is 1. The second kappa shape index (κ2) is 6.69. The highest BCUT2D eigenvalue weighted by atomic mass is 16.5. The first-order chi connectivity index (χ1) is 10.1. The van der Waals surface area contributed by atoms with E-state index in [1.807, 2.05) is 30.3 Å². The summed E-state index contributed by atoms with van der Waals surface area (Å²) in [6.45, 7) is 3.86. The Balaban J connectivity index is 1.97. The zero-order valence-corrected chi connectivity index (χ0v) is 11.9. The third kappa shape index (κ3) is 3.68. The van der Waals surface area contributed by atoms with Crippen molar-refractivity contribution in [3.8, 4) is 11.6 Å². The van der Waals surface area contributed by atoms with Gasteiger partial charge in [0.05, 0.1) is 5.69 Å². The zero-order valence-electron chi connectivity index (χ0n) is 11.9. The number of ether oxygens (including phenoxy) is 2. The normalized spacial score (nSPS) is 10.2. The minimum atomic E-state index is -1.08. The number of hydrogen-bond donors (Lipinski definition) is 1. The third-order valence-electron chi connectivity index (χ3n) is 2.97. The predicted molar refractivity (Wildman–Crippen MR) is 75.9 cm³/mol. The molecule has 2 rings (SSSR count). The van der Waals surface area contributed by atoms with Crippen molar-refractivity contribution in [2.24, 2.45) is 0 Å². The van der Waals surface area contributed by atoms with Crippen LogP contribution in [0.15, 0.2) is 30.3 Å². The maximum Gasteiger partial charge on any atom is 0.341 e. The predicted octanol–water partition coefficient (Wildman–Crippen LogP) is 2.25. The van der Waals surface area contributed by atoms with Gasteiger partial charge in [0.25, 0.3) is 0 Å². The number of carboxylic acid groups (broad SMARTS) is 1. The number of aryl methyl sites for hydroxylation is 1. The average Bonchev–Trinajstić information content (AvgIpc) is 2.48. The number of aromatic carboxylic acids is 1. The molecule has 0 amide bonds. The molecule has 110 valence electrons. The third-order valence-corrected chi connectivity index (χ3v) is 2.97.